The molecule has 0 saturated carbocycles. The van der Waals surface area contributed by atoms with Crippen LogP contribution in [0.5, 0.6) is 11.8 Å². The van der Waals surface area contributed by atoms with E-state index in [4.69, 9.17) is 14.2 Å². The Morgan fingerprint density at radius 1 is 1.09 bits per heavy atom. The highest BCUT2D eigenvalue weighted by Gasteiger charge is 2.50. The van der Waals surface area contributed by atoms with E-state index in [2.05, 4.69) is 26.2 Å². The number of carbonyl (C=O) groups excluding carboxylic acids is 1. The Morgan fingerprint density at radius 2 is 1.91 bits per heavy atom. The molecule has 0 spiro atoms. The predicted molar refractivity (Wildman–Crippen MR) is 120 cm³/mol. The number of para-hydroxylation sites is 1. The molecule has 2 aliphatic rings. The molecule has 11 nitrogen and oxygen atoms in total. The molecule has 2 aromatic carbocycles. The van der Waals surface area contributed by atoms with Crippen molar-refractivity contribution in [3.63, 3.8) is 0 Å². The van der Waals surface area contributed by atoms with Crippen LogP contribution >= 0.6 is 0 Å². The van der Waals surface area contributed by atoms with Gasteiger partial charge in [0.1, 0.15) is 24.0 Å². The van der Waals surface area contributed by atoms with E-state index in [0.29, 0.717) is 24.7 Å². The molecule has 4 atom stereocenters. The Morgan fingerprint density at radius 3 is 2.73 bits per heavy atom. The number of nitrogens with zero attached hydrogens (tertiary/aromatic N) is 5. The first-order chi connectivity index (χ1) is 16.1. The molecule has 33 heavy (non-hydrogen) atoms. The van der Waals surface area contributed by atoms with Crippen LogP contribution in [0, 0.1) is 0 Å². The zero-order chi connectivity index (χ0) is 22.8. The highest BCUT2D eigenvalue weighted by molar-refractivity contribution is 5.89. The van der Waals surface area contributed by atoms with Crippen LogP contribution in [0.15, 0.2) is 54.6 Å². The molecule has 3 aromatic rings. The Balaban J connectivity index is 1.24. The van der Waals surface area contributed by atoms with E-state index in [0.717, 1.165) is 5.69 Å². The number of anilines is 2. The number of rotatable bonds is 6. The molecule has 0 radical (unpaired) electrons. The van der Waals surface area contributed by atoms with E-state index in [9.17, 15) is 4.79 Å². The summed E-state index contributed by atoms with van der Waals surface area (Å²) in [6.07, 6.45) is -0.628. The van der Waals surface area contributed by atoms with Crippen molar-refractivity contribution in [2.45, 2.75) is 24.3 Å². The number of ether oxygens (including phenoxy) is 3. The van der Waals surface area contributed by atoms with Crippen LogP contribution in [-0.4, -0.2) is 71.8 Å². The van der Waals surface area contributed by atoms with Crippen molar-refractivity contribution >= 4 is 17.4 Å². The minimum absolute atomic E-state index is 0.252. The summed E-state index contributed by atoms with van der Waals surface area (Å²) in [5, 5.41) is 17.7. The molecule has 0 aliphatic carbocycles. The zero-order valence-corrected chi connectivity index (χ0v) is 18.3. The molecule has 2 N–H and O–H groups in total. The smallest absolute Gasteiger partial charge is 0.341 e. The number of aromatic nitrogens is 4. The minimum Gasteiger partial charge on any atom is -0.423 e. The lowest BCUT2D eigenvalue weighted by Crippen LogP contribution is -2.45. The van der Waals surface area contributed by atoms with Crippen molar-refractivity contribution in [1.82, 2.24) is 25.5 Å². The molecule has 1 aromatic heterocycles. The standard InChI is InChI=1S/C22H25N7O4/c1-28(2)15-9-6-10-16(11-15)33-22-25-26-27-29(22)18-13-32-19-17(12-31-20(18)19)24-21(30)23-14-7-4-3-5-8-14/h3-11,17-20H,12-13H2,1-2H3,(H2,23,24,30)/t17-,18-,19+,20+/m0/s1. The monoisotopic (exact) mass is 451 g/mol. The molecule has 3 heterocycles. The molecule has 172 valence electrons. The van der Waals surface area contributed by atoms with Crippen LogP contribution in [0.1, 0.15) is 6.04 Å². The third kappa shape index (κ3) is 4.45. The van der Waals surface area contributed by atoms with Gasteiger partial charge in [-0.1, -0.05) is 29.4 Å². The van der Waals surface area contributed by atoms with Gasteiger partial charge in [-0.3, -0.25) is 0 Å². The van der Waals surface area contributed by atoms with Gasteiger partial charge < -0.3 is 29.7 Å². The lowest BCUT2D eigenvalue weighted by atomic mass is 10.1. The van der Waals surface area contributed by atoms with Crippen molar-refractivity contribution in [2.75, 3.05) is 37.5 Å². The van der Waals surface area contributed by atoms with Crippen LogP contribution in [0.4, 0.5) is 16.2 Å². The predicted octanol–water partition coefficient (Wildman–Crippen LogP) is 2.06. The van der Waals surface area contributed by atoms with Crippen molar-refractivity contribution < 1.29 is 19.0 Å². The molecular formula is C22H25N7O4. The molecule has 2 amide bonds. The Labute approximate surface area is 190 Å². The fraction of sp³-hybridized carbons (Fsp3) is 0.364. The number of hydrogen-bond acceptors (Lipinski definition) is 8. The maximum atomic E-state index is 12.4. The van der Waals surface area contributed by atoms with Crippen molar-refractivity contribution in [3.8, 4) is 11.8 Å². The Kier molecular flexibility index (Phi) is 5.80. The fourth-order valence-corrected chi connectivity index (χ4v) is 4.06. The SMILES string of the molecule is CN(C)c1cccc(Oc2nnnn2[C@H]2CO[C@H]3[C@@H]2OC[C@@H]3NC(=O)Nc2ccccc2)c1. The molecule has 2 aliphatic heterocycles. The van der Waals surface area contributed by atoms with Gasteiger partial charge in [0.2, 0.25) is 0 Å². The second-order valence-electron chi connectivity index (χ2n) is 8.13. The first-order valence-electron chi connectivity index (χ1n) is 10.7. The number of carbonyl (C=O) groups is 1. The number of fused-ring (bicyclic) bond motifs is 1. The zero-order valence-electron chi connectivity index (χ0n) is 18.3. The van der Waals surface area contributed by atoms with Gasteiger partial charge in [-0.05, 0) is 34.7 Å². The summed E-state index contributed by atoms with van der Waals surface area (Å²) in [5.74, 6) is 0.622. The van der Waals surface area contributed by atoms with Gasteiger partial charge in [0, 0.05) is 31.5 Å². The largest absolute Gasteiger partial charge is 0.423 e. The number of hydrogen-bond donors (Lipinski definition) is 2. The Bertz CT molecular complexity index is 1110. The number of tetrazole rings is 1. The number of urea groups is 1. The Hall–Kier alpha value is -3.70. The molecular weight excluding hydrogens is 426 g/mol. The summed E-state index contributed by atoms with van der Waals surface area (Å²) >= 11 is 0. The number of amides is 2. The third-order valence-corrected chi connectivity index (χ3v) is 5.70. The van der Waals surface area contributed by atoms with Gasteiger partial charge in [0.25, 0.3) is 0 Å². The summed E-state index contributed by atoms with van der Waals surface area (Å²) in [7, 11) is 3.92. The maximum absolute atomic E-state index is 12.4. The van der Waals surface area contributed by atoms with E-state index in [1.54, 1.807) is 4.68 Å². The minimum atomic E-state index is -0.314. The van der Waals surface area contributed by atoms with Crippen LogP contribution in [0.3, 0.4) is 0 Å². The van der Waals surface area contributed by atoms with E-state index < -0.39 is 0 Å². The summed E-state index contributed by atoms with van der Waals surface area (Å²) in [4.78, 5) is 14.4. The first-order valence-corrected chi connectivity index (χ1v) is 10.7. The van der Waals surface area contributed by atoms with Gasteiger partial charge in [-0.2, -0.15) is 4.68 Å². The summed E-state index contributed by atoms with van der Waals surface area (Å²) < 4.78 is 19.5. The second kappa shape index (κ2) is 9.04. The topological polar surface area (TPSA) is 116 Å². The number of nitrogens with one attached hydrogen (secondary N) is 2. The third-order valence-electron chi connectivity index (χ3n) is 5.70. The normalized spacial score (nSPS) is 23.7. The van der Waals surface area contributed by atoms with Gasteiger partial charge in [0.05, 0.1) is 19.3 Å². The van der Waals surface area contributed by atoms with Crippen LogP contribution in [0.25, 0.3) is 0 Å². The molecule has 5 rings (SSSR count). The van der Waals surface area contributed by atoms with Crippen LogP contribution < -0.4 is 20.3 Å². The van der Waals surface area contributed by atoms with E-state index in [-0.39, 0.29) is 36.3 Å². The average molecular weight is 451 g/mol. The van der Waals surface area contributed by atoms with E-state index in [1.807, 2.05) is 73.6 Å². The highest BCUT2D eigenvalue weighted by atomic mass is 16.6. The maximum Gasteiger partial charge on any atom is 0.341 e. The van der Waals surface area contributed by atoms with Crippen molar-refractivity contribution in [1.29, 1.82) is 0 Å². The van der Waals surface area contributed by atoms with Gasteiger partial charge >= 0.3 is 12.0 Å². The lowest BCUT2D eigenvalue weighted by molar-refractivity contribution is 0.0613. The molecule has 11 heteroatoms. The van der Waals surface area contributed by atoms with Crippen LogP contribution in [-0.2, 0) is 9.47 Å². The second-order valence-corrected chi connectivity index (χ2v) is 8.13. The van der Waals surface area contributed by atoms with E-state index in [1.165, 1.54) is 0 Å². The molecule has 2 saturated heterocycles. The molecule has 2 fully saturated rings. The van der Waals surface area contributed by atoms with Gasteiger partial charge in [0.15, 0.2) is 0 Å². The first kappa shape index (κ1) is 21.2. The molecule has 0 bridgehead atoms. The fourth-order valence-electron chi connectivity index (χ4n) is 4.06. The molecule has 0 unspecified atom stereocenters. The van der Waals surface area contributed by atoms with E-state index >= 15 is 0 Å². The summed E-state index contributed by atoms with van der Waals surface area (Å²) in [6, 6.07) is 16.3. The van der Waals surface area contributed by atoms with Crippen molar-refractivity contribution in [2.24, 2.45) is 0 Å². The van der Waals surface area contributed by atoms with Gasteiger partial charge in [-0.25, -0.2) is 4.79 Å². The number of benzene rings is 2. The quantitative estimate of drug-likeness (QED) is 0.585. The summed E-state index contributed by atoms with van der Waals surface area (Å²) in [5.41, 5.74) is 1.71. The van der Waals surface area contributed by atoms with Gasteiger partial charge in [-0.15, -0.1) is 0 Å². The summed E-state index contributed by atoms with van der Waals surface area (Å²) in [6.45, 7) is 0.671. The van der Waals surface area contributed by atoms with Crippen LogP contribution in [0.2, 0.25) is 0 Å². The average Bonchev–Trinajstić information content (AvgIpc) is 3.52. The van der Waals surface area contributed by atoms with Crippen molar-refractivity contribution in [3.05, 3.63) is 54.6 Å². The lowest BCUT2D eigenvalue weighted by Gasteiger charge is -2.18. The highest BCUT2D eigenvalue weighted by Crippen LogP contribution is 2.36.